The zero-order valence-corrected chi connectivity index (χ0v) is 28.9. The van der Waals surface area contributed by atoms with Crippen LogP contribution in [0.25, 0.3) is 0 Å². The highest BCUT2D eigenvalue weighted by Gasteiger charge is 2.47. The van der Waals surface area contributed by atoms with E-state index in [-0.39, 0.29) is 36.3 Å². The third-order valence-electron chi connectivity index (χ3n) is 9.47. The molecule has 0 unspecified atom stereocenters. The summed E-state index contributed by atoms with van der Waals surface area (Å²) in [7, 11) is 6.85. The molecule has 1 aromatic heterocycles. The summed E-state index contributed by atoms with van der Waals surface area (Å²) < 4.78 is 7.25. The molecule has 12 heteroatoms. The Morgan fingerprint density at radius 2 is 1.56 bits per heavy atom. The molecule has 1 aliphatic heterocycles. The summed E-state index contributed by atoms with van der Waals surface area (Å²) in [5.74, 6) is -0.710. The van der Waals surface area contributed by atoms with Gasteiger partial charge in [-0.25, -0.2) is 4.79 Å². The zero-order chi connectivity index (χ0) is 34.9. The highest BCUT2D eigenvalue weighted by Crippen LogP contribution is 2.48. The van der Waals surface area contributed by atoms with Crippen LogP contribution < -0.4 is 11.1 Å². The maximum absolute atomic E-state index is 13.2. The minimum Gasteiger partial charge on any atom is -0.345 e. The van der Waals surface area contributed by atoms with Crippen LogP contribution in [0.5, 0.6) is 0 Å². The highest BCUT2D eigenvalue weighted by molar-refractivity contribution is 5.95. The lowest BCUT2D eigenvalue weighted by atomic mass is 9.67. The SMILES string of the molecule is CC(C)n1oc(=O)nc1C1(C[C@@H](C)NCC(=O)N2CCC[C@H]2C#N)c2ccc(C(=O)N(C)C)cc2CCc2cc(C(=O)N(C)C)ccc21. The summed E-state index contributed by atoms with van der Waals surface area (Å²) in [5, 5.41) is 12.9. The number of likely N-dealkylation sites (tertiary alicyclic amines) is 1. The molecule has 1 fully saturated rings. The molecular formula is C36H45N7O5. The van der Waals surface area contributed by atoms with Gasteiger partial charge in [-0.3, -0.25) is 14.4 Å². The Hall–Kier alpha value is -4.76. The first-order valence-corrected chi connectivity index (χ1v) is 16.5. The van der Waals surface area contributed by atoms with Gasteiger partial charge in [0.05, 0.1) is 24.1 Å². The van der Waals surface area contributed by atoms with E-state index in [0.29, 0.717) is 49.2 Å². The first-order valence-electron chi connectivity index (χ1n) is 16.5. The van der Waals surface area contributed by atoms with Crippen LogP contribution in [0.4, 0.5) is 0 Å². The number of carbonyl (C=O) groups excluding carboxylic acids is 3. The Bertz CT molecular complexity index is 1740. The third kappa shape index (κ3) is 6.39. The summed E-state index contributed by atoms with van der Waals surface area (Å²) in [4.78, 5) is 61.7. The van der Waals surface area contributed by atoms with Crippen molar-refractivity contribution < 1.29 is 18.9 Å². The summed E-state index contributed by atoms with van der Waals surface area (Å²) in [6.07, 6.45) is 2.98. The molecule has 48 heavy (non-hydrogen) atoms. The molecule has 2 atom stereocenters. The van der Waals surface area contributed by atoms with Crippen LogP contribution in [0.2, 0.25) is 0 Å². The molecule has 1 saturated heterocycles. The van der Waals surface area contributed by atoms with E-state index in [4.69, 9.17) is 4.52 Å². The van der Waals surface area contributed by atoms with Crippen molar-refractivity contribution in [3.8, 4) is 6.07 Å². The zero-order valence-electron chi connectivity index (χ0n) is 28.9. The summed E-state index contributed by atoms with van der Waals surface area (Å²) >= 11 is 0. The van der Waals surface area contributed by atoms with Crippen molar-refractivity contribution >= 4 is 17.7 Å². The van der Waals surface area contributed by atoms with Gasteiger partial charge in [-0.2, -0.15) is 15.0 Å². The van der Waals surface area contributed by atoms with Crippen LogP contribution in [-0.2, 0) is 23.1 Å². The van der Waals surface area contributed by atoms with Gasteiger partial charge in [0.2, 0.25) is 5.91 Å². The van der Waals surface area contributed by atoms with Gasteiger partial charge in [0.1, 0.15) is 6.04 Å². The summed E-state index contributed by atoms with van der Waals surface area (Å²) in [5.41, 5.74) is 3.58. The molecule has 1 aliphatic carbocycles. The van der Waals surface area contributed by atoms with E-state index in [1.165, 1.54) is 9.80 Å². The number of aromatic nitrogens is 2. The number of nitriles is 1. The molecule has 3 amide bonds. The molecule has 12 nitrogen and oxygen atoms in total. The number of nitrogens with one attached hydrogen (secondary N) is 1. The minimum absolute atomic E-state index is 0.0392. The Labute approximate surface area is 281 Å². The average Bonchev–Trinajstić information content (AvgIpc) is 3.68. The van der Waals surface area contributed by atoms with E-state index in [2.05, 4.69) is 16.4 Å². The number of aryl methyl sites for hydroxylation is 2. The van der Waals surface area contributed by atoms with Crippen molar-refractivity contribution in [2.45, 2.75) is 76.4 Å². The Kier molecular flexibility index (Phi) is 9.91. The van der Waals surface area contributed by atoms with E-state index in [0.717, 1.165) is 28.7 Å². The molecule has 0 bridgehead atoms. The van der Waals surface area contributed by atoms with Gasteiger partial charge in [0, 0.05) is 51.9 Å². The van der Waals surface area contributed by atoms with Gasteiger partial charge in [0.25, 0.3) is 11.8 Å². The maximum Gasteiger partial charge on any atom is 0.459 e. The van der Waals surface area contributed by atoms with E-state index in [1.807, 2.05) is 45.0 Å². The number of carbonyl (C=O) groups is 3. The predicted octanol–water partition coefficient (Wildman–Crippen LogP) is 3.14. The Morgan fingerprint density at radius 3 is 2.06 bits per heavy atom. The van der Waals surface area contributed by atoms with Crippen molar-refractivity contribution in [2.75, 3.05) is 41.3 Å². The molecule has 5 rings (SSSR count). The quantitative estimate of drug-likeness (QED) is 0.370. The summed E-state index contributed by atoms with van der Waals surface area (Å²) in [6, 6.07) is 12.6. The van der Waals surface area contributed by atoms with Gasteiger partial charge >= 0.3 is 5.76 Å². The predicted molar refractivity (Wildman–Crippen MR) is 180 cm³/mol. The Balaban J connectivity index is 1.71. The Morgan fingerprint density at radius 1 is 1.00 bits per heavy atom. The lowest BCUT2D eigenvalue weighted by Gasteiger charge is -2.38. The van der Waals surface area contributed by atoms with Crippen molar-refractivity contribution in [1.29, 1.82) is 5.26 Å². The first-order chi connectivity index (χ1) is 22.8. The first kappa shape index (κ1) is 34.6. The monoisotopic (exact) mass is 655 g/mol. The van der Waals surface area contributed by atoms with E-state index >= 15 is 0 Å². The molecule has 2 aliphatic rings. The lowest BCUT2D eigenvalue weighted by molar-refractivity contribution is -0.130. The largest absolute Gasteiger partial charge is 0.459 e. The number of hydrogen-bond acceptors (Lipinski definition) is 8. The molecule has 2 heterocycles. The van der Waals surface area contributed by atoms with Crippen molar-refractivity contribution in [3.05, 3.63) is 86.2 Å². The number of rotatable bonds is 9. The molecule has 0 spiro atoms. The van der Waals surface area contributed by atoms with Gasteiger partial charge in [-0.1, -0.05) is 12.1 Å². The number of hydrogen-bond donors (Lipinski definition) is 1. The number of fused-ring (bicyclic) bond motifs is 2. The molecule has 1 N–H and O–H groups in total. The highest BCUT2D eigenvalue weighted by atomic mass is 16.5. The van der Waals surface area contributed by atoms with Crippen LogP contribution in [0.3, 0.4) is 0 Å². The van der Waals surface area contributed by atoms with Crippen LogP contribution in [0, 0.1) is 11.3 Å². The number of benzene rings is 2. The fraction of sp³-hybridized carbons (Fsp3) is 0.500. The number of amides is 3. The van der Waals surface area contributed by atoms with Crippen LogP contribution in [-0.4, -0.2) is 95.5 Å². The minimum atomic E-state index is -1.07. The van der Waals surface area contributed by atoms with Gasteiger partial charge in [-0.15, -0.1) is 0 Å². The molecular weight excluding hydrogens is 610 g/mol. The molecule has 2 aromatic carbocycles. The second-order valence-corrected chi connectivity index (χ2v) is 13.6. The third-order valence-corrected chi connectivity index (χ3v) is 9.47. The molecule has 0 saturated carbocycles. The van der Waals surface area contributed by atoms with Crippen molar-refractivity contribution in [3.63, 3.8) is 0 Å². The molecule has 3 aromatic rings. The smallest absolute Gasteiger partial charge is 0.345 e. The maximum atomic E-state index is 13.2. The van der Waals surface area contributed by atoms with Crippen LogP contribution in [0.1, 0.15) is 94.9 Å². The van der Waals surface area contributed by atoms with Gasteiger partial charge < -0.3 is 24.5 Å². The second-order valence-electron chi connectivity index (χ2n) is 13.6. The van der Waals surface area contributed by atoms with Gasteiger partial charge in [0.15, 0.2) is 5.82 Å². The van der Waals surface area contributed by atoms with Crippen molar-refractivity contribution in [2.24, 2.45) is 0 Å². The molecule has 0 radical (unpaired) electrons. The van der Waals surface area contributed by atoms with E-state index in [9.17, 15) is 24.4 Å². The van der Waals surface area contributed by atoms with Crippen molar-refractivity contribution in [1.82, 2.24) is 29.7 Å². The fourth-order valence-corrected chi connectivity index (χ4v) is 7.19. The van der Waals surface area contributed by atoms with E-state index in [1.54, 1.807) is 50.0 Å². The second kappa shape index (κ2) is 13.8. The average molecular weight is 656 g/mol. The van der Waals surface area contributed by atoms with Crippen LogP contribution in [0.15, 0.2) is 45.7 Å². The lowest BCUT2D eigenvalue weighted by Crippen LogP contribution is -2.46. The fourth-order valence-electron chi connectivity index (χ4n) is 7.19. The molecule has 254 valence electrons. The normalized spacial score (nSPS) is 17.2. The van der Waals surface area contributed by atoms with Crippen LogP contribution >= 0.6 is 0 Å². The van der Waals surface area contributed by atoms with E-state index < -0.39 is 17.2 Å². The summed E-state index contributed by atoms with van der Waals surface area (Å²) in [6.45, 7) is 6.41. The number of nitrogens with zero attached hydrogens (tertiary/aromatic N) is 6. The standard InChI is InChI=1S/C36H45N7O5/c1-22(2)43-34(39-35(47)48-43)36(19-23(3)38-21-31(44)42-16-8-9-28(42)20-37)29-14-12-26(32(45)40(4)5)17-24(29)10-11-25-18-27(13-15-30(25)36)33(46)41(6)7/h12-15,17-18,22-23,28,38H,8-11,16,19,21H2,1-7H3/t23-,28+/m1/s1. The van der Waals surface area contributed by atoms with Gasteiger partial charge in [-0.05, 0) is 99.4 Å². The topological polar surface area (TPSA) is 145 Å².